The van der Waals surface area contributed by atoms with E-state index in [1.807, 2.05) is 0 Å². The minimum atomic E-state index is -0.705. The van der Waals surface area contributed by atoms with Gasteiger partial charge in [-0.3, -0.25) is 0 Å². The van der Waals surface area contributed by atoms with Crippen molar-refractivity contribution in [3.63, 3.8) is 0 Å². The zero-order valence-electron chi connectivity index (χ0n) is 4.20. The van der Waals surface area contributed by atoms with Gasteiger partial charge < -0.3 is 10.6 Å². The molecule has 0 aromatic heterocycles. The van der Waals surface area contributed by atoms with Gasteiger partial charge in [0.1, 0.15) is 6.04 Å². The highest BCUT2D eigenvalue weighted by Crippen LogP contribution is 1.83. The van der Waals surface area contributed by atoms with E-state index in [-0.39, 0.29) is 5.75 Å². The lowest BCUT2D eigenvalue weighted by Gasteiger charge is -2.01. The average Bonchev–Trinajstić information content (AvgIpc) is 1.84. The van der Waals surface area contributed by atoms with Gasteiger partial charge in [0, 0.05) is 5.75 Å². The Hall–Kier alpha value is -0.260. The van der Waals surface area contributed by atoms with Crippen LogP contribution in [0.4, 0.5) is 0 Å². The van der Waals surface area contributed by atoms with E-state index in [0.717, 1.165) is 0 Å². The number of hydrogen-bond acceptors (Lipinski definition) is 5. The first-order chi connectivity index (χ1) is 3.72. The molecule has 1 unspecified atom stereocenters. The van der Waals surface area contributed by atoms with Gasteiger partial charge in [0.05, 0.1) is 0 Å². The van der Waals surface area contributed by atoms with Crippen molar-refractivity contribution < 1.29 is 9.63 Å². The number of carbonyl (C=O) groups is 1. The van der Waals surface area contributed by atoms with Crippen LogP contribution >= 0.6 is 12.6 Å². The maximum Gasteiger partial charge on any atom is 0.342 e. The normalized spacial score (nSPS) is 12.9. The van der Waals surface area contributed by atoms with Crippen LogP contribution in [0, 0.1) is 0 Å². The van der Waals surface area contributed by atoms with Gasteiger partial charge in [0.15, 0.2) is 0 Å². The van der Waals surface area contributed by atoms with Crippen molar-refractivity contribution in [2.24, 2.45) is 11.6 Å². The van der Waals surface area contributed by atoms with Crippen molar-refractivity contribution in [1.82, 2.24) is 0 Å². The second-order valence-electron chi connectivity index (χ2n) is 1.23. The summed E-state index contributed by atoms with van der Waals surface area (Å²) in [4.78, 5) is 14.0. The molecular formula is C3H8N2O2S. The molecule has 0 radical (unpaired) electrons. The summed E-state index contributed by atoms with van der Waals surface area (Å²) in [5, 5.41) is 0. The molecule has 8 heavy (non-hydrogen) atoms. The van der Waals surface area contributed by atoms with Crippen molar-refractivity contribution in [3.8, 4) is 0 Å². The van der Waals surface area contributed by atoms with E-state index in [9.17, 15) is 4.79 Å². The molecule has 0 aromatic rings. The molecule has 1 atom stereocenters. The van der Waals surface area contributed by atoms with Crippen LogP contribution in [0.2, 0.25) is 0 Å². The molecule has 4 nitrogen and oxygen atoms in total. The highest BCUT2D eigenvalue weighted by atomic mass is 32.1. The van der Waals surface area contributed by atoms with Crippen molar-refractivity contribution in [2.45, 2.75) is 6.04 Å². The van der Waals surface area contributed by atoms with Crippen LogP contribution in [0.1, 0.15) is 0 Å². The third-order valence-corrected chi connectivity index (χ3v) is 1.01. The molecule has 4 N–H and O–H groups in total. The van der Waals surface area contributed by atoms with Gasteiger partial charge in [-0.15, -0.1) is 0 Å². The summed E-state index contributed by atoms with van der Waals surface area (Å²) < 4.78 is 0. The minimum Gasteiger partial charge on any atom is -0.372 e. The molecule has 0 aliphatic rings. The zero-order chi connectivity index (χ0) is 6.57. The Kier molecular flexibility index (Phi) is 3.59. The molecule has 0 aromatic carbocycles. The third kappa shape index (κ3) is 2.15. The van der Waals surface area contributed by atoms with Gasteiger partial charge in [-0.1, -0.05) is 0 Å². The molecule has 0 aliphatic carbocycles. The molecule has 0 spiro atoms. The van der Waals surface area contributed by atoms with Gasteiger partial charge in [-0.2, -0.15) is 18.5 Å². The van der Waals surface area contributed by atoms with Crippen molar-refractivity contribution in [1.29, 1.82) is 0 Å². The fraction of sp³-hybridized carbons (Fsp3) is 0.667. The van der Waals surface area contributed by atoms with Crippen LogP contribution < -0.4 is 11.6 Å². The summed E-state index contributed by atoms with van der Waals surface area (Å²) in [5.41, 5.74) is 5.10. The lowest BCUT2D eigenvalue weighted by Crippen LogP contribution is -2.35. The fourth-order valence-electron chi connectivity index (χ4n) is 0.162. The van der Waals surface area contributed by atoms with Crippen molar-refractivity contribution in [2.75, 3.05) is 5.75 Å². The van der Waals surface area contributed by atoms with E-state index < -0.39 is 12.0 Å². The molecule has 0 rings (SSSR count). The molecule has 0 aliphatic heterocycles. The van der Waals surface area contributed by atoms with Crippen LogP contribution in [-0.4, -0.2) is 17.8 Å². The quantitative estimate of drug-likeness (QED) is 0.324. The minimum absolute atomic E-state index is 0.246. The van der Waals surface area contributed by atoms with Crippen molar-refractivity contribution >= 4 is 18.6 Å². The second-order valence-corrected chi connectivity index (χ2v) is 1.59. The monoisotopic (exact) mass is 136 g/mol. The van der Waals surface area contributed by atoms with E-state index in [2.05, 4.69) is 23.4 Å². The zero-order valence-corrected chi connectivity index (χ0v) is 5.10. The van der Waals surface area contributed by atoms with Crippen LogP contribution in [0.25, 0.3) is 0 Å². The molecule has 48 valence electrons. The molecule has 0 heterocycles. The van der Waals surface area contributed by atoms with Gasteiger partial charge in [0.25, 0.3) is 0 Å². The largest absolute Gasteiger partial charge is 0.372 e. The fourth-order valence-corrected chi connectivity index (χ4v) is 0.311. The topological polar surface area (TPSA) is 78.3 Å². The smallest absolute Gasteiger partial charge is 0.342 e. The predicted molar refractivity (Wildman–Crippen MR) is 32.1 cm³/mol. The Balaban J connectivity index is 3.46. The molecule has 5 heteroatoms. The Morgan fingerprint density at radius 2 is 2.38 bits per heavy atom. The molecule has 0 fully saturated rings. The van der Waals surface area contributed by atoms with Crippen molar-refractivity contribution in [3.05, 3.63) is 0 Å². The van der Waals surface area contributed by atoms with E-state index in [0.29, 0.717) is 0 Å². The summed E-state index contributed by atoms with van der Waals surface area (Å²) in [5.74, 6) is 4.09. The Morgan fingerprint density at radius 1 is 1.88 bits per heavy atom. The average molecular weight is 136 g/mol. The summed E-state index contributed by atoms with van der Waals surface area (Å²) in [6, 6.07) is -0.705. The highest BCUT2D eigenvalue weighted by Gasteiger charge is 2.10. The standard InChI is InChI=1S/C3H8N2O2S/c4-2(1-8)3(6)7-5/h2,8H,1,4-5H2. The summed E-state index contributed by atoms with van der Waals surface area (Å²) in [7, 11) is 0. The second kappa shape index (κ2) is 3.71. The number of hydrogen-bond donors (Lipinski definition) is 3. The van der Waals surface area contributed by atoms with Crippen LogP contribution in [0.15, 0.2) is 0 Å². The van der Waals surface area contributed by atoms with E-state index in [1.165, 1.54) is 0 Å². The van der Waals surface area contributed by atoms with Crippen LogP contribution in [0.5, 0.6) is 0 Å². The van der Waals surface area contributed by atoms with Crippen LogP contribution in [-0.2, 0) is 9.63 Å². The number of nitrogens with two attached hydrogens (primary N) is 2. The SMILES string of the molecule is NOC(=O)C(N)CS. The third-order valence-electron chi connectivity index (χ3n) is 0.616. The Bertz CT molecular complexity index is 87.4. The summed E-state index contributed by atoms with van der Waals surface area (Å²) in [6.45, 7) is 0. The van der Waals surface area contributed by atoms with Gasteiger partial charge >= 0.3 is 5.97 Å². The first-order valence-electron chi connectivity index (χ1n) is 1.99. The Morgan fingerprint density at radius 3 is 2.50 bits per heavy atom. The molecule has 0 saturated carbocycles. The lowest BCUT2D eigenvalue weighted by molar-refractivity contribution is -0.145. The summed E-state index contributed by atoms with van der Waals surface area (Å²) in [6.07, 6.45) is 0. The predicted octanol–water partition coefficient (Wildman–Crippen LogP) is -1.34. The molecule has 0 amide bonds. The van der Waals surface area contributed by atoms with Gasteiger partial charge in [-0.05, 0) is 0 Å². The van der Waals surface area contributed by atoms with Gasteiger partial charge in [-0.25, -0.2) is 4.79 Å². The first kappa shape index (κ1) is 7.74. The molecule has 0 saturated heterocycles. The first-order valence-corrected chi connectivity index (χ1v) is 2.62. The molecular weight excluding hydrogens is 128 g/mol. The number of thiol groups is 1. The number of carbonyl (C=O) groups excluding carboxylic acids is 1. The highest BCUT2D eigenvalue weighted by molar-refractivity contribution is 7.80. The van der Waals surface area contributed by atoms with Gasteiger partial charge in [0.2, 0.25) is 0 Å². The Labute approximate surface area is 52.5 Å². The summed E-state index contributed by atoms with van der Waals surface area (Å²) >= 11 is 3.73. The number of rotatable bonds is 2. The van der Waals surface area contributed by atoms with E-state index >= 15 is 0 Å². The van der Waals surface area contributed by atoms with Crippen LogP contribution in [0.3, 0.4) is 0 Å². The molecule has 0 bridgehead atoms. The maximum absolute atomic E-state index is 10.2. The van der Waals surface area contributed by atoms with E-state index in [1.54, 1.807) is 0 Å². The van der Waals surface area contributed by atoms with E-state index in [4.69, 9.17) is 5.73 Å². The maximum atomic E-state index is 10.2. The lowest BCUT2D eigenvalue weighted by atomic mass is 10.4.